The lowest BCUT2D eigenvalue weighted by Crippen LogP contribution is -2.19. The standard InChI is InChI=1S/C13H17N5S/c1-14-11-5-12(17-13(16-11)9-3-4-9)18(2)6-10-7-19-8-15-10/h5,7-9H,3-4,6H2,1-2H3,(H,14,16,17). The van der Waals surface area contributed by atoms with Gasteiger partial charge >= 0.3 is 0 Å². The molecular weight excluding hydrogens is 258 g/mol. The average molecular weight is 275 g/mol. The van der Waals surface area contributed by atoms with Crippen LogP contribution in [0.1, 0.15) is 30.3 Å². The monoisotopic (exact) mass is 275 g/mol. The van der Waals surface area contributed by atoms with Crippen LogP contribution < -0.4 is 10.2 Å². The number of aromatic nitrogens is 3. The average Bonchev–Trinajstić information content (AvgIpc) is 3.17. The predicted molar refractivity (Wildman–Crippen MR) is 77.8 cm³/mol. The third-order valence-electron chi connectivity index (χ3n) is 3.20. The van der Waals surface area contributed by atoms with Gasteiger partial charge in [-0.15, -0.1) is 11.3 Å². The second kappa shape index (κ2) is 5.13. The van der Waals surface area contributed by atoms with Crippen molar-refractivity contribution in [3.8, 4) is 0 Å². The smallest absolute Gasteiger partial charge is 0.136 e. The summed E-state index contributed by atoms with van der Waals surface area (Å²) >= 11 is 1.62. The zero-order valence-corrected chi connectivity index (χ0v) is 11.9. The molecule has 2 aromatic heterocycles. The second-order valence-electron chi connectivity index (χ2n) is 4.83. The highest BCUT2D eigenvalue weighted by atomic mass is 32.1. The van der Waals surface area contributed by atoms with Gasteiger partial charge in [-0.05, 0) is 12.8 Å². The van der Waals surface area contributed by atoms with Crippen LogP contribution in [0.3, 0.4) is 0 Å². The molecule has 2 aromatic rings. The predicted octanol–water partition coefficient (Wildman–Crippen LogP) is 2.49. The lowest BCUT2D eigenvalue weighted by molar-refractivity contribution is 0.842. The summed E-state index contributed by atoms with van der Waals surface area (Å²) in [6, 6.07) is 1.98. The maximum absolute atomic E-state index is 4.67. The molecule has 1 fully saturated rings. The maximum atomic E-state index is 4.67. The van der Waals surface area contributed by atoms with Gasteiger partial charge in [0.1, 0.15) is 17.5 Å². The van der Waals surface area contributed by atoms with Gasteiger partial charge in [-0.3, -0.25) is 0 Å². The molecule has 2 heterocycles. The number of hydrogen-bond acceptors (Lipinski definition) is 6. The number of nitrogens with one attached hydrogen (secondary N) is 1. The summed E-state index contributed by atoms with van der Waals surface area (Å²) < 4.78 is 0. The summed E-state index contributed by atoms with van der Waals surface area (Å²) in [5.74, 6) is 3.36. The molecule has 6 heteroatoms. The molecule has 0 atom stereocenters. The fourth-order valence-electron chi connectivity index (χ4n) is 1.94. The zero-order valence-electron chi connectivity index (χ0n) is 11.1. The van der Waals surface area contributed by atoms with Crippen molar-refractivity contribution in [1.29, 1.82) is 0 Å². The van der Waals surface area contributed by atoms with E-state index >= 15 is 0 Å². The van der Waals surface area contributed by atoms with Crippen molar-refractivity contribution in [1.82, 2.24) is 15.0 Å². The van der Waals surface area contributed by atoms with E-state index in [1.54, 1.807) is 11.3 Å². The lowest BCUT2D eigenvalue weighted by atomic mass is 10.3. The number of thiazole rings is 1. The first-order chi connectivity index (χ1) is 9.26. The Morgan fingerprint density at radius 1 is 1.42 bits per heavy atom. The molecule has 1 aliphatic carbocycles. The third-order valence-corrected chi connectivity index (χ3v) is 3.84. The summed E-state index contributed by atoms with van der Waals surface area (Å²) in [5, 5.41) is 5.18. The van der Waals surface area contributed by atoms with E-state index in [-0.39, 0.29) is 0 Å². The molecule has 100 valence electrons. The van der Waals surface area contributed by atoms with Crippen LogP contribution in [0.15, 0.2) is 17.0 Å². The van der Waals surface area contributed by atoms with E-state index in [1.165, 1.54) is 12.8 Å². The van der Waals surface area contributed by atoms with E-state index in [0.717, 1.165) is 29.7 Å². The maximum Gasteiger partial charge on any atom is 0.136 e. The quantitative estimate of drug-likeness (QED) is 0.908. The topological polar surface area (TPSA) is 53.9 Å². The Morgan fingerprint density at radius 2 is 2.26 bits per heavy atom. The molecule has 19 heavy (non-hydrogen) atoms. The SMILES string of the molecule is CNc1cc(N(C)Cc2cscn2)nc(C2CC2)n1. The van der Waals surface area contributed by atoms with Crippen molar-refractivity contribution in [3.05, 3.63) is 28.5 Å². The summed E-state index contributed by atoms with van der Waals surface area (Å²) in [6.45, 7) is 0.772. The Kier molecular flexibility index (Phi) is 3.33. The Labute approximate surface area is 116 Å². The minimum atomic E-state index is 0.555. The Hall–Kier alpha value is -1.69. The summed E-state index contributed by atoms with van der Waals surface area (Å²) in [4.78, 5) is 15.6. The van der Waals surface area contributed by atoms with Crippen LogP contribution in [-0.2, 0) is 6.54 Å². The van der Waals surface area contributed by atoms with Crippen molar-refractivity contribution >= 4 is 23.0 Å². The fourth-order valence-corrected chi connectivity index (χ4v) is 2.49. The highest BCUT2D eigenvalue weighted by Gasteiger charge is 2.27. The molecule has 0 radical (unpaired) electrons. The first-order valence-electron chi connectivity index (χ1n) is 6.41. The number of hydrogen-bond donors (Lipinski definition) is 1. The van der Waals surface area contributed by atoms with Crippen LogP contribution in [0.2, 0.25) is 0 Å². The van der Waals surface area contributed by atoms with Crippen LogP contribution in [0.25, 0.3) is 0 Å². The summed E-state index contributed by atoms with van der Waals surface area (Å²) in [6.07, 6.45) is 2.42. The van der Waals surface area contributed by atoms with Gasteiger partial charge in [0.2, 0.25) is 0 Å². The number of anilines is 2. The van der Waals surface area contributed by atoms with Gasteiger partial charge in [0.25, 0.3) is 0 Å². The fraction of sp³-hybridized carbons (Fsp3) is 0.462. The minimum Gasteiger partial charge on any atom is -0.373 e. The van der Waals surface area contributed by atoms with Crippen molar-refractivity contribution in [3.63, 3.8) is 0 Å². The van der Waals surface area contributed by atoms with E-state index in [0.29, 0.717) is 5.92 Å². The van der Waals surface area contributed by atoms with Gasteiger partial charge in [-0.2, -0.15) is 0 Å². The summed E-state index contributed by atoms with van der Waals surface area (Å²) in [5.41, 5.74) is 2.93. The molecule has 0 spiro atoms. The van der Waals surface area contributed by atoms with Crippen molar-refractivity contribution in [2.45, 2.75) is 25.3 Å². The first-order valence-corrected chi connectivity index (χ1v) is 7.35. The van der Waals surface area contributed by atoms with Crippen molar-refractivity contribution in [2.75, 3.05) is 24.3 Å². The van der Waals surface area contributed by atoms with Crippen LogP contribution in [0.5, 0.6) is 0 Å². The highest BCUT2D eigenvalue weighted by Crippen LogP contribution is 2.39. The van der Waals surface area contributed by atoms with E-state index in [4.69, 9.17) is 0 Å². The lowest BCUT2D eigenvalue weighted by Gasteiger charge is -2.18. The van der Waals surface area contributed by atoms with E-state index in [1.807, 2.05) is 25.7 Å². The normalized spacial score (nSPS) is 14.4. The van der Waals surface area contributed by atoms with Gasteiger partial charge in [-0.1, -0.05) is 0 Å². The number of rotatable bonds is 5. The van der Waals surface area contributed by atoms with E-state index < -0.39 is 0 Å². The largest absolute Gasteiger partial charge is 0.373 e. The van der Waals surface area contributed by atoms with Gasteiger partial charge < -0.3 is 10.2 Å². The molecule has 0 amide bonds. The molecule has 1 saturated carbocycles. The first kappa shape index (κ1) is 12.3. The second-order valence-corrected chi connectivity index (χ2v) is 5.55. The molecule has 0 saturated heterocycles. The van der Waals surface area contributed by atoms with Crippen LogP contribution in [-0.4, -0.2) is 29.0 Å². The molecular formula is C13H17N5S. The van der Waals surface area contributed by atoms with Crippen LogP contribution in [0.4, 0.5) is 11.6 Å². The van der Waals surface area contributed by atoms with Crippen molar-refractivity contribution in [2.24, 2.45) is 0 Å². The van der Waals surface area contributed by atoms with Gasteiger partial charge in [0.05, 0.1) is 17.7 Å². The Morgan fingerprint density at radius 3 is 2.89 bits per heavy atom. The Bertz CT molecular complexity index is 550. The van der Waals surface area contributed by atoms with Crippen molar-refractivity contribution < 1.29 is 0 Å². The van der Waals surface area contributed by atoms with E-state index in [9.17, 15) is 0 Å². The molecule has 3 rings (SSSR count). The zero-order chi connectivity index (χ0) is 13.2. The number of nitrogens with zero attached hydrogens (tertiary/aromatic N) is 4. The highest BCUT2D eigenvalue weighted by molar-refractivity contribution is 7.07. The van der Waals surface area contributed by atoms with Crippen LogP contribution >= 0.6 is 11.3 Å². The molecule has 0 aliphatic heterocycles. The molecule has 5 nitrogen and oxygen atoms in total. The molecule has 0 aromatic carbocycles. The molecule has 0 bridgehead atoms. The molecule has 0 unspecified atom stereocenters. The molecule has 1 aliphatic rings. The third kappa shape index (κ3) is 2.84. The van der Waals surface area contributed by atoms with Gasteiger partial charge in [0.15, 0.2) is 0 Å². The minimum absolute atomic E-state index is 0.555. The Balaban J connectivity index is 1.83. The van der Waals surface area contributed by atoms with E-state index in [2.05, 4.69) is 30.5 Å². The van der Waals surface area contributed by atoms with Crippen LogP contribution in [0, 0.1) is 0 Å². The van der Waals surface area contributed by atoms with Gasteiger partial charge in [0, 0.05) is 31.5 Å². The van der Waals surface area contributed by atoms with Gasteiger partial charge in [-0.25, -0.2) is 15.0 Å². The summed E-state index contributed by atoms with van der Waals surface area (Å²) in [7, 11) is 3.93. The molecule has 1 N–H and O–H groups in total.